The van der Waals surface area contributed by atoms with Crippen LogP contribution < -0.4 is 4.72 Å². The third kappa shape index (κ3) is 2.92. The number of hydrogen-bond donors (Lipinski definition) is 2. The molecule has 0 saturated carbocycles. The highest BCUT2D eigenvalue weighted by atomic mass is 32.2. The third-order valence-corrected chi connectivity index (χ3v) is 3.54. The first-order valence-electron chi connectivity index (χ1n) is 5.03. The molecule has 92 valence electrons. The minimum Gasteiger partial charge on any atom is -0.348 e. The van der Waals surface area contributed by atoms with Crippen molar-refractivity contribution in [2.45, 2.75) is 11.4 Å². The summed E-state index contributed by atoms with van der Waals surface area (Å²) in [6.07, 6.45) is 6.69. The molecule has 7 nitrogen and oxygen atoms in total. The summed E-state index contributed by atoms with van der Waals surface area (Å²) >= 11 is 0. The maximum atomic E-state index is 11.8. The van der Waals surface area contributed by atoms with E-state index in [2.05, 4.69) is 19.7 Å². The summed E-state index contributed by atoms with van der Waals surface area (Å²) < 4.78 is 27.6. The van der Waals surface area contributed by atoms with E-state index in [9.17, 15) is 8.42 Å². The Morgan fingerprint density at radius 2 is 2.35 bits per heavy atom. The Morgan fingerprint density at radius 3 is 2.94 bits per heavy atom. The van der Waals surface area contributed by atoms with E-state index >= 15 is 0 Å². The standard InChI is InChI=1S/C9H13N5O2S/c1-14-5-9(12-7-14)17(15,16)13-3-2-8-4-10-6-11-8/h4-7,13H,2-3H2,1H3,(H,10,11). The number of H-pyrrole nitrogens is 1. The monoisotopic (exact) mass is 255 g/mol. The maximum absolute atomic E-state index is 11.8. The first-order chi connectivity index (χ1) is 8.08. The van der Waals surface area contributed by atoms with Gasteiger partial charge < -0.3 is 9.55 Å². The fourth-order valence-corrected chi connectivity index (χ4v) is 2.35. The van der Waals surface area contributed by atoms with Gasteiger partial charge in [-0.1, -0.05) is 0 Å². The van der Waals surface area contributed by atoms with Crippen LogP contribution in [0.25, 0.3) is 0 Å². The summed E-state index contributed by atoms with van der Waals surface area (Å²) in [5, 5.41) is 0.0320. The maximum Gasteiger partial charge on any atom is 0.259 e. The highest BCUT2D eigenvalue weighted by Gasteiger charge is 2.15. The molecule has 17 heavy (non-hydrogen) atoms. The molecule has 0 fully saturated rings. The van der Waals surface area contributed by atoms with Crippen molar-refractivity contribution in [1.82, 2.24) is 24.2 Å². The van der Waals surface area contributed by atoms with Crippen LogP contribution in [-0.2, 0) is 23.5 Å². The molecule has 2 heterocycles. The first kappa shape index (κ1) is 11.8. The second kappa shape index (κ2) is 4.68. The number of aromatic nitrogens is 4. The molecule has 0 unspecified atom stereocenters. The lowest BCUT2D eigenvalue weighted by Crippen LogP contribution is -2.26. The van der Waals surface area contributed by atoms with Crippen LogP contribution in [0.4, 0.5) is 0 Å². The van der Waals surface area contributed by atoms with Crippen LogP contribution in [0.5, 0.6) is 0 Å². The Hall–Kier alpha value is -1.67. The van der Waals surface area contributed by atoms with Gasteiger partial charge in [-0.3, -0.25) is 0 Å². The summed E-state index contributed by atoms with van der Waals surface area (Å²) in [5.41, 5.74) is 0.883. The summed E-state index contributed by atoms with van der Waals surface area (Å²) in [7, 11) is -1.79. The van der Waals surface area contributed by atoms with Crippen molar-refractivity contribution in [1.29, 1.82) is 0 Å². The molecule has 0 amide bonds. The highest BCUT2D eigenvalue weighted by molar-refractivity contribution is 7.89. The molecule has 0 aliphatic heterocycles. The molecule has 0 radical (unpaired) electrons. The average molecular weight is 255 g/mol. The van der Waals surface area contributed by atoms with Crippen molar-refractivity contribution in [3.8, 4) is 0 Å². The largest absolute Gasteiger partial charge is 0.348 e. The van der Waals surface area contributed by atoms with Crippen LogP contribution in [0.1, 0.15) is 5.69 Å². The smallest absolute Gasteiger partial charge is 0.259 e. The number of imidazole rings is 2. The van der Waals surface area contributed by atoms with E-state index in [-0.39, 0.29) is 5.03 Å². The molecule has 0 bridgehead atoms. The van der Waals surface area contributed by atoms with Gasteiger partial charge in [0.25, 0.3) is 10.0 Å². The van der Waals surface area contributed by atoms with Crippen LogP contribution in [0.2, 0.25) is 0 Å². The molecular formula is C9H13N5O2S. The fraction of sp³-hybridized carbons (Fsp3) is 0.333. The summed E-state index contributed by atoms with van der Waals surface area (Å²) in [5.74, 6) is 0. The van der Waals surface area contributed by atoms with E-state index in [0.29, 0.717) is 13.0 Å². The molecule has 2 N–H and O–H groups in total. The van der Waals surface area contributed by atoms with E-state index in [1.54, 1.807) is 24.1 Å². The Labute approximate surface area is 99.0 Å². The lowest BCUT2D eigenvalue weighted by Gasteiger charge is -2.02. The van der Waals surface area contributed by atoms with Gasteiger partial charge in [-0.15, -0.1) is 0 Å². The van der Waals surface area contributed by atoms with Gasteiger partial charge in [0.2, 0.25) is 0 Å². The summed E-state index contributed by atoms with van der Waals surface area (Å²) in [6, 6.07) is 0. The summed E-state index contributed by atoms with van der Waals surface area (Å²) in [4.78, 5) is 10.5. The Kier molecular flexibility index (Phi) is 3.25. The number of rotatable bonds is 5. The zero-order valence-electron chi connectivity index (χ0n) is 9.29. The van der Waals surface area contributed by atoms with Gasteiger partial charge in [-0.2, -0.15) is 0 Å². The van der Waals surface area contributed by atoms with Crippen LogP contribution in [0.3, 0.4) is 0 Å². The topological polar surface area (TPSA) is 92.7 Å². The zero-order valence-corrected chi connectivity index (χ0v) is 10.1. The van der Waals surface area contributed by atoms with Gasteiger partial charge in [0.1, 0.15) is 0 Å². The van der Waals surface area contributed by atoms with Crippen molar-refractivity contribution < 1.29 is 8.42 Å². The number of aryl methyl sites for hydroxylation is 1. The number of aromatic amines is 1. The van der Waals surface area contributed by atoms with E-state index < -0.39 is 10.0 Å². The van der Waals surface area contributed by atoms with Gasteiger partial charge in [0, 0.05) is 38.1 Å². The van der Waals surface area contributed by atoms with Crippen LogP contribution in [-0.4, -0.2) is 34.5 Å². The van der Waals surface area contributed by atoms with Crippen molar-refractivity contribution in [2.24, 2.45) is 7.05 Å². The highest BCUT2D eigenvalue weighted by Crippen LogP contribution is 2.03. The van der Waals surface area contributed by atoms with Crippen molar-refractivity contribution in [3.63, 3.8) is 0 Å². The SMILES string of the molecule is Cn1cnc(S(=O)(=O)NCCc2cnc[nH]2)c1. The van der Waals surface area contributed by atoms with Gasteiger partial charge in [-0.05, 0) is 0 Å². The lowest BCUT2D eigenvalue weighted by molar-refractivity contribution is 0.578. The molecule has 0 aliphatic carbocycles. The minimum atomic E-state index is -3.51. The lowest BCUT2D eigenvalue weighted by atomic mass is 10.3. The second-order valence-corrected chi connectivity index (χ2v) is 5.32. The Morgan fingerprint density at radius 1 is 1.53 bits per heavy atom. The zero-order chi connectivity index (χ0) is 12.3. The summed E-state index contributed by atoms with van der Waals surface area (Å²) in [6.45, 7) is 0.307. The number of nitrogens with one attached hydrogen (secondary N) is 2. The van der Waals surface area contributed by atoms with Gasteiger partial charge in [0.15, 0.2) is 5.03 Å². The predicted molar refractivity (Wildman–Crippen MR) is 60.7 cm³/mol. The van der Waals surface area contributed by atoms with Crippen molar-refractivity contribution in [3.05, 3.63) is 30.7 Å². The molecule has 0 aromatic carbocycles. The molecule has 2 rings (SSSR count). The van der Waals surface area contributed by atoms with Crippen LogP contribution in [0, 0.1) is 0 Å². The van der Waals surface area contributed by atoms with Crippen molar-refractivity contribution in [2.75, 3.05) is 6.54 Å². The second-order valence-electron chi connectivity index (χ2n) is 3.60. The molecule has 2 aromatic heterocycles. The van der Waals surface area contributed by atoms with E-state index in [0.717, 1.165) is 5.69 Å². The minimum absolute atomic E-state index is 0.0320. The normalized spacial score (nSPS) is 11.8. The van der Waals surface area contributed by atoms with Gasteiger partial charge >= 0.3 is 0 Å². The van der Waals surface area contributed by atoms with Gasteiger partial charge in [-0.25, -0.2) is 23.1 Å². The van der Waals surface area contributed by atoms with E-state index in [4.69, 9.17) is 0 Å². The molecule has 0 spiro atoms. The van der Waals surface area contributed by atoms with Crippen LogP contribution >= 0.6 is 0 Å². The molecule has 0 aliphatic rings. The Balaban J connectivity index is 1.94. The third-order valence-electron chi connectivity index (χ3n) is 2.20. The predicted octanol–water partition coefficient (Wildman–Crippen LogP) is -0.336. The fourth-order valence-electron chi connectivity index (χ4n) is 1.34. The van der Waals surface area contributed by atoms with E-state index in [1.165, 1.54) is 12.5 Å². The molecule has 0 saturated heterocycles. The van der Waals surface area contributed by atoms with Crippen LogP contribution in [0.15, 0.2) is 30.1 Å². The van der Waals surface area contributed by atoms with Gasteiger partial charge in [0.05, 0.1) is 12.7 Å². The molecule has 8 heteroatoms. The first-order valence-corrected chi connectivity index (χ1v) is 6.51. The molecule has 0 atom stereocenters. The number of nitrogens with zero attached hydrogens (tertiary/aromatic N) is 3. The number of hydrogen-bond acceptors (Lipinski definition) is 4. The van der Waals surface area contributed by atoms with E-state index in [1.807, 2.05) is 0 Å². The quantitative estimate of drug-likeness (QED) is 0.764. The molecular weight excluding hydrogens is 242 g/mol. The Bertz CT molecular complexity index is 572. The molecule has 2 aromatic rings. The number of sulfonamides is 1. The average Bonchev–Trinajstić information content (AvgIpc) is 2.89. The van der Waals surface area contributed by atoms with Crippen molar-refractivity contribution >= 4 is 10.0 Å².